The van der Waals surface area contributed by atoms with Crippen molar-refractivity contribution in [3.8, 4) is 5.75 Å². The molecule has 0 fully saturated rings. The van der Waals surface area contributed by atoms with Crippen molar-refractivity contribution in [1.29, 1.82) is 0 Å². The molecule has 0 aromatic heterocycles. The number of benzene rings is 1. The van der Waals surface area contributed by atoms with Gasteiger partial charge in [-0.1, -0.05) is 13.0 Å². The Morgan fingerprint density at radius 3 is 2.67 bits per heavy atom. The van der Waals surface area contributed by atoms with Gasteiger partial charge >= 0.3 is 5.97 Å². The van der Waals surface area contributed by atoms with Crippen molar-refractivity contribution in [3.05, 3.63) is 34.9 Å². The van der Waals surface area contributed by atoms with Gasteiger partial charge in [-0.2, -0.15) is 0 Å². The van der Waals surface area contributed by atoms with Crippen molar-refractivity contribution >= 4 is 11.7 Å². The molecule has 0 spiro atoms. The Balaban J connectivity index is 2.52. The molecule has 0 saturated carbocycles. The first-order valence-corrected chi connectivity index (χ1v) is 6.16. The molecule has 1 unspecified atom stereocenters. The minimum Gasteiger partial charge on any atom is -0.497 e. The maximum Gasteiger partial charge on any atom is 0.308 e. The molecule has 1 atom stereocenters. The predicted molar refractivity (Wildman–Crippen MR) is 70.4 cm³/mol. The minimum absolute atomic E-state index is 0.283. The van der Waals surface area contributed by atoms with Crippen LogP contribution in [0.3, 0.4) is 0 Å². The Kier molecular flexibility index (Phi) is 3.41. The van der Waals surface area contributed by atoms with Crippen LogP contribution in [-0.4, -0.2) is 13.1 Å². The summed E-state index contributed by atoms with van der Waals surface area (Å²) in [4.78, 5) is 11.2. The molecular weight excluding hydrogens is 228 g/mol. The maximum atomic E-state index is 11.2. The average Bonchev–Trinajstić information content (AvgIpc) is 2.61. The molecule has 1 aliphatic rings. The number of carbonyl (C=O) groups excluding carboxylic acids is 1. The van der Waals surface area contributed by atoms with Crippen LogP contribution in [-0.2, 0) is 9.53 Å². The molecule has 3 heteroatoms. The highest BCUT2D eigenvalue weighted by Crippen LogP contribution is 2.45. The lowest BCUT2D eigenvalue weighted by atomic mass is 9.94. The van der Waals surface area contributed by atoms with Crippen molar-refractivity contribution in [2.75, 3.05) is 7.11 Å². The average molecular weight is 246 g/mol. The third kappa shape index (κ3) is 2.01. The molecule has 0 radical (unpaired) electrons. The van der Waals surface area contributed by atoms with Gasteiger partial charge in [-0.25, -0.2) is 0 Å². The Morgan fingerprint density at radius 2 is 2.11 bits per heavy atom. The topological polar surface area (TPSA) is 35.5 Å². The molecule has 3 nitrogen and oxygen atoms in total. The van der Waals surface area contributed by atoms with Crippen LogP contribution < -0.4 is 4.74 Å². The van der Waals surface area contributed by atoms with E-state index < -0.39 is 0 Å². The highest BCUT2D eigenvalue weighted by molar-refractivity contribution is 5.82. The van der Waals surface area contributed by atoms with E-state index in [1.54, 1.807) is 7.11 Å². The fraction of sp³-hybridized carbons (Fsp3) is 0.400. The maximum absolute atomic E-state index is 11.2. The third-order valence-electron chi connectivity index (χ3n) is 3.42. The first-order valence-electron chi connectivity index (χ1n) is 6.16. The van der Waals surface area contributed by atoms with E-state index in [-0.39, 0.29) is 5.97 Å². The van der Waals surface area contributed by atoms with Gasteiger partial charge in [-0.05, 0) is 36.6 Å². The lowest BCUT2D eigenvalue weighted by Gasteiger charge is -2.10. The lowest BCUT2D eigenvalue weighted by Crippen LogP contribution is -1.98. The number of esters is 1. The summed E-state index contributed by atoms with van der Waals surface area (Å²) in [6.45, 7) is 5.59. The lowest BCUT2D eigenvalue weighted by molar-refractivity contribution is -0.134. The highest BCUT2D eigenvalue weighted by atomic mass is 16.5. The van der Waals surface area contributed by atoms with Gasteiger partial charge in [0.1, 0.15) is 11.5 Å². The SMILES string of the molecule is CCC1C(C)=C(OC(C)=O)c2cc(OC)ccc21. The van der Waals surface area contributed by atoms with E-state index in [2.05, 4.69) is 13.0 Å². The molecule has 1 aromatic rings. The fourth-order valence-corrected chi connectivity index (χ4v) is 2.57. The first kappa shape index (κ1) is 12.7. The van der Waals surface area contributed by atoms with Gasteiger partial charge in [0, 0.05) is 18.4 Å². The predicted octanol–water partition coefficient (Wildman–Crippen LogP) is 3.50. The number of carbonyl (C=O) groups is 1. The number of rotatable bonds is 3. The van der Waals surface area contributed by atoms with Crippen LogP contribution in [0, 0.1) is 0 Å². The second-order valence-electron chi connectivity index (χ2n) is 4.52. The second kappa shape index (κ2) is 4.84. The quantitative estimate of drug-likeness (QED) is 0.766. The number of hydrogen-bond donors (Lipinski definition) is 0. The van der Waals surface area contributed by atoms with Gasteiger partial charge in [0.05, 0.1) is 7.11 Å². The van der Waals surface area contributed by atoms with E-state index in [9.17, 15) is 4.79 Å². The van der Waals surface area contributed by atoms with Gasteiger partial charge in [0.25, 0.3) is 0 Å². The number of hydrogen-bond acceptors (Lipinski definition) is 3. The number of ether oxygens (including phenoxy) is 2. The summed E-state index contributed by atoms with van der Waals surface area (Å²) in [5, 5.41) is 0. The Labute approximate surface area is 107 Å². The summed E-state index contributed by atoms with van der Waals surface area (Å²) in [5.41, 5.74) is 3.32. The molecule has 18 heavy (non-hydrogen) atoms. The van der Waals surface area contributed by atoms with Crippen LogP contribution >= 0.6 is 0 Å². The third-order valence-corrected chi connectivity index (χ3v) is 3.42. The molecule has 1 aromatic carbocycles. The van der Waals surface area contributed by atoms with Crippen molar-refractivity contribution in [3.63, 3.8) is 0 Å². The summed E-state index contributed by atoms with van der Waals surface area (Å²) >= 11 is 0. The zero-order chi connectivity index (χ0) is 13.3. The molecule has 1 aliphatic carbocycles. The summed E-state index contributed by atoms with van der Waals surface area (Å²) in [7, 11) is 1.63. The second-order valence-corrected chi connectivity index (χ2v) is 4.52. The number of fused-ring (bicyclic) bond motifs is 1. The molecule has 0 heterocycles. The minimum atomic E-state index is -0.283. The van der Waals surface area contributed by atoms with Gasteiger partial charge in [0.2, 0.25) is 0 Å². The van der Waals surface area contributed by atoms with Gasteiger partial charge < -0.3 is 9.47 Å². The van der Waals surface area contributed by atoms with Crippen LogP contribution in [0.5, 0.6) is 5.75 Å². The molecule has 96 valence electrons. The zero-order valence-electron chi connectivity index (χ0n) is 11.2. The molecule has 0 bridgehead atoms. The van der Waals surface area contributed by atoms with E-state index in [4.69, 9.17) is 9.47 Å². The monoisotopic (exact) mass is 246 g/mol. The number of allylic oxidation sites excluding steroid dienone is 1. The molecule has 0 aliphatic heterocycles. The van der Waals surface area contributed by atoms with E-state index in [1.807, 2.05) is 19.1 Å². The Morgan fingerprint density at radius 1 is 1.39 bits per heavy atom. The Hall–Kier alpha value is -1.77. The molecule has 0 saturated heterocycles. The van der Waals surface area contributed by atoms with Crippen molar-refractivity contribution in [1.82, 2.24) is 0 Å². The summed E-state index contributed by atoms with van der Waals surface area (Å²) in [6, 6.07) is 5.95. The highest BCUT2D eigenvalue weighted by Gasteiger charge is 2.30. The largest absolute Gasteiger partial charge is 0.497 e. The summed E-state index contributed by atoms with van der Waals surface area (Å²) in [5.74, 6) is 1.53. The van der Waals surface area contributed by atoms with Gasteiger partial charge in [-0.3, -0.25) is 4.79 Å². The normalized spacial score (nSPS) is 17.7. The summed E-state index contributed by atoms with van der Waals surface area (Å²) < 4.78 is 10.6. The van der Waals surface area contributed by atoms with Crippen molar-refractivity contribution in [2.24, 2.45) is 0 Å². The van der Waals surface area contributed by atoms with E-state index in [0.717, 1.165) is 23.3 Å². The van der Waals surface area contributed by atoms with Crippen molar-refractivity contribution in [2.45, 2.75) is 33.1 Å². The van der Waals surface area contributed by atoms with Crippen LogP contribution in [0.2, 0.25) is 0 Å². The Bertz CT molecular complexity index is 514. The standard InChI is InChI=1S/C15H18O3/c1-5-12-9(2)15(18-10(3)16)14-8-11(17-4)6-7-13(12)14/h6-8,12H,5H2,1-4H3. The van der Waals surface area contributed by atoms with E-state index in [0.29, 0.717) is 11.7 Å². The van der Waals surface area contributed by atoms with E-state index in [1.165, 1.54) is 12.5 Å². The summed E-state index contributed by atoms with van der Waals surface area (Å²) in [6.07, 6.45) is 0.996. The van der Waals surface area contributed by atoms with Gasteiger partial charge in [-0.15, -0.1) is 0 Å². The molecular formula is C15H18O3. The molecule has 0 N–H and O–H groups in total. The molecule has 0 amide bonds. The molecule has 2 rings (SSSR count). The van der Waals surface area contributed by atoms with Crippen LogP contribution in [0.15, 0.2) is 23.8 Å². The van der Waals surface area contributed by atoms with Crippen LogP contribution in [0.1, 0.15) is 44.2 Å². The van der Waals surface area contributed by atoms with Crippen LogP contribution in [0.4, 0.5) is 0 Å². The number of methoxy groups -OCH3 is 1. The smallest absolute Gasteiger partial charge is 0.308 e. The zero-order valence-corrected chi connectivity index (χ0v) is 11.2. The van der Waals surface area contributed by atoms with Crippen molar-refractivity contribution < 1.29 is 14.3 Å². The first-order chi connectivity index (χ1) is 8.58. The van der Waals surface area contributed by atoms with Crippen LogP contribution in [0.25, 0.3) is 5.76 Å². The van der Waals surface area contributed by atoms with E-state index >= 15 is 0 Å². The van der Waals surface area contributed by atoms with Gasteiger partial charge in [0.15, 0.2) is 0 Å². The fourth-order valence-electron chi connectivity index (χ4n) is 2.57.